The van der Waals surface area contributed by atoms with Crippen LogP contribution in [0, 0.1) is 5.92 Å². The van der Waals surface area contributed by atoms with E-state index in [2.05, 4.69) is 4.72 Å². The van der Waals surface area contributed by atoms with Crippen molar-refractivity contribution < 1.29 is 8.42 Å². The average Bonchev–Trinajstić information content (AvgIpc) is 2.71. The summed E-state index contributed by atoms with van der Waals surface area (Å²) in [7, 11) is -3.17. The first kappa shape index (κ1) is 9.29. The second-order valence-electron chi connectivity index (χ2n) is 2.85. The second kappa shape index (κ2) is 3.74. The average molecular weight is 198 g/mol. The van der Waals surface area contributed by atoms with E-state index in [-0.39, 0.29) is 5.21 Å². The van der Waals surface area contributed by atoms with Crippen molar-refractivity contribution in [2.24, 2.45) is 5.92 Å². The van der Waals surface area contributed by atoms with Crippen molar-refractivity contribution in [3.05, 3.63) is 0 Å². The lowest BCUT2D eigenvalue weighted by molar-refractivity contribution is 0.580. The van der Waals surface area contributed by atoms with Gasteiger partial charge in [-0.25, -0.2) is 13.1 Å². The SMILES string of the molecule is O=S(=O)(CCl)NCCC1CC1. The van der Waals surface area contributed by atoms with E-state index in [9.17, 15) is 8.42 Å². The monoisotopic (exact) mass is 197 g/mol. The fourth-order valence-corrected chi connectivity index (χ4v) is 1.60. The molecule has 0 bridgehead atoms. The lowest BCUT2D eigenvalue weighted by Crippen LogP contribution is -2.25. The normalized spacial score (nSPS) is 18.6. The Hall–Kier alpha value is 0.200. The van der Waals surface area contributed by atoms with Gasteiger partial charge in [0.15, 0.2) is 0 Å². The summed E-state index contributed by atoms with van der Waals surface area (Å²) in [6, 6.07) is 0. The molecule has 0 unspecified atom stereocenters. The van der Waals surface area contributed by atoms with Crippen molar-refractivity contribution in [2.75, 3.05) is 11.8 Å². The molecule has 11 heavy (non-hydrogen) atoms. The lowest BCUT2D eigenvalue weighted by atomic mass is 10.3. The summed E-state index contributed by atoms with van der Waals surface area (Å²) in [5.74, 6) is 0.757. The molecule has 0 spiro atoms. The Kier molecular flexibility index (Phi) is 3.16. The van der Waals surface area contributed by atoms with Gasteiger partial charge in [-0.2, -0.15) is 0 Å². The van der Waals surface area contributed by atoms with Gasteiger partial charge in [0.2, 0.25) is 10.0 Å². The van der Waals surface area contributed by atoms with Gasteiger partial charge in [-0.3, -0.25) is 0 Å². The quantitative estimate of drug-likeness (QED) is 0.666. The van der Waals surface area contributed by atoms with Gasteiger partial charge >= 0.3 is 0 Å². The molecule has 0 radical (unpaired) electrons. The van der Waals surface area contributed by atoms with Crippen LogP contribution in [-0.4, -0.2) is 20.2 Å². The number of sulfonamides is 1. The molecule has 0 aromatic rings. The van der Waals surface area contributed by atoms with Crippen LogP contribution in [0.3, 0.4) is 0 Å². The van der Waals surface area contributed by atoms with Crippen molar-refractivity contribution in [1.82, 2.24) is 4.72 Å². The molecule has 0 aromatic heterocycles. The van der Waals surface area contributed by atoms with Gasteiger partial charge in [-0.05, 0) is 12.3 Å². The zero-order valence-corrected chi connectivity index (χ0v) is 7.79. The third-order valence-corrected chi connectivity index (χ3v) is 3.51. The summed E-state index contributed by atoms with van der Waals surface area (Å²) in [4.78, 5) is 0. The Morgan fingerprint density at radius 2 is 2.09 bits per heavy atom. The Bertz CT molecular complexity index is 211. The molecule has 1 aliphatic carbocycles. The fourth-order valence-electron chi connectivity index (χ4n) is 0.864. The van der Waals surface area contributed by atoms with E-state index in [0.717, 1.165) is 12.3 Å². The first-order chi connectivity index (χ1) is 5.14. The zero-order valence-electron chi connectivity index (χ0n) is 6.22. The third kappa shape index (κ3) is 3.94. The van der Waals surface area contributed by atoms with Crippen LogP contribution in [0.4, 0.5) is 0 Å². The van der Waals surface area contributed by atoms with E-state index in [4.69, 9.17) is 11.6 Å². The van der Waals surface area contributed by atoms with Gasteiger partial charge in [0, 0.05) is 6.54 Å². The molecular weight excluding hydrogens is 186 g/mol. The minimum absolute atomic E-state index is 0.336. The van der Waals surface area contributed by atoms with Crippen molar-refractivity contribution in [3.63, 3.8) is 0 Å². The summed E-state index contributed by atoms with van der Waals surface area (Å²) in [6.45, 7) is 0.541. The van der Waals surface area contributed by atoms with Gasteiger partial charge in [-0.15, -0.1) is 11.6 Å². The number of alkyl halides is 1. The second-order valence-corrected chi connectivity index (χ2v) is 5.24. The van der Waals surface area contributed by atoms with Gasteiger partial charge in [-0.1, -0.05) is 12.8 Å². The molecule has 1 rings (SSSR count). The molecule has 0 aliphatic heterocycles. The van der Waals surface area contributed by atoms with Crippen LogP contribution < -0.4 is 4.72 Å². The summed E-state index contributed by atoms with van der Waals surface area (Å²) in [6.07, 6.45) is 3.46. The summed E-state index contributed by atoms with van der Waals surface area (Å²) in [5, 5.41) is -0.336. The third-order valence-electron chi connectivity index (χ3n) is 1.72. The van der Waals surface area contributed by atoms with E-state index < -0.39 is 10.0 Å². The van der Waals surface area contributed by atoms with Crippen LogP contribution in [0.1, 0.15) is 19.3 Å². The zero-order chi connectivity index (χ0) is 8.32. The molecule has 0 atom stereocenters. The molecule has 0 heterocycles. The highest BCUT2D eigenvalue weighted by Crippen LogP contribution is 2.31. The fraction of sp³-hybridized carbons (Fsp3) is 1.00. The molecule has 1 aliphatic rings. The van der Waals surface area contributed by atoms with Crippen molar-refractivity contribution in [1.29, 1.82) is 0 Å². The maximum Gasteiger partial charge on any atom is 0.225 e. The van der Waals surface area contributed by atoms with E-state index in [1.165, 1.54) is 12.8 Å². The Morgan fingerprint density at radius 1 is 1.45 bits per heavy atom. The number of hydrogen-bond donors (Lipinski definition) is 1. The molecule has 0 aromatic carbocycles. The predicted molar refractivity (Wildman–Crippen MR) is 45.0 cm³/mol. The van der Waals surface area contributed by atoms with Crippen molar-refractivity contribution in [2.45, 2.75) is 19.3 Å². The van der Waals surface area contributed by atoms with Crippen LogP contribution in [0.15, 0.2) is 0 Å². The van der Waals surface area contributed by atoms with Gasteiger partial charge < -0.3 is 0 Å². The summed E-state index contributed by atoms with van der Waals surface area (Å²) < 4.78 is 23.9. The molecule has 1 saturated carbocycles. The van der Waals surface area contributed by atoms with E-state index >= 15 is 0 Å². The largest absolute Gasteiger partial charge is 0.225 e. The van der Waals surface area contributed by atoms with Crippen molar-refractivity contribution >= 4 is 21.6 Å². The minimum atomic E-state index is -3.17. The van der Waals surface area contributed by atoms with Gasteiger partial charge in [0.05, 0.1) is 0 Å². The molecule has 1 N–H and O–H groups in total. The Morgan fingerprint density at radius 3 is 2.55 bits per heavy atom. The Balaban J connectivity index is 2.09. The lowest BCUT2D eigenvalue weighted by Gasteiger charge is -2.01. The highest BCUT2D eigenvalue weighted by Gasteiger charge is 2.21. The molecular formula is C6H12ClNO2S. The first-order valence-electron chi connectivity index (χ1n) is 3.67. The number of nitrogens with one attached hydrogen (secondary N) is 1. The van der Waals surface area contributed by atoms with Gasteiger partial charge in [0.25, 0.3) is 0 Å². The molecule has 5 heteroatoms. The van der Waals surface area contributed by atoms with E-state index in [1.54, 1.807) is 0 Å². The van der Waals surface area contributed by atoms with Crippen LogP contribution in [-0.2, 0) is 10.0 Å². The van der Waals surface area contributed by atoms with Crippen molar-refractivity contribution in [3.8, 4) is 0 Å². The maximum atomic E-state index is 10.8. The smallest absolute Gasteiger partial charge is 0.214 e. The number of hydrogen-bond acceptors (Lipinski definition) is 2. The van der Waals surface area contributed by atoms with Crippen LogP contribution >= 0.6 is 11.6 Å². The Labute approximate surface area is 72.2 Å². The highest BCUT2D eigenvalue weighted by molar-refractivity contribution is 7.90. The number of halogens is 1. The predicted octanol–water partition coefficient (Wildman–Crippen LogP) is 0.902. The van der Waals surface area contributed by atoms with Crippen LogP contribution in [0.5, 0.6) is 0 Å². The van der Waals surface area contributed by atoms with Crippen LogP contribution in [0.2, 0.25) is 0 Å². The standard InChI is InChI=1S/C6H12ClNO2S/c7-5-11(9,10)8-4-3-6-1-2-6/h6,8H,1-5H2. The number of rotatable bonds is 5. The highest BCUT2D eigenvalue weighted by atomic mass is 35.5. The first-order valence-corrected chi connectivity index (χ1v) is 5.86. The molecule has 1 fully saturated rings. The van der Waals surface area contributed by atoms with Gasteiger partial charge in [0.1, 0.15) is 5.21 Å². The molecule has 0 amide bonds. The topological polar surface area (TPSA) is 46.2 Å². The molecule has 0 saturated heterocycles. The van der Waals surface area contributed by atoms with E-state index in [0.29, 0.717) is 6.54 Å². The molecule has 66 valence electrons. The van der Waals surface area contributed by atoms with Crippen LogP contribution in [0.25, 0.3) is 0 Å². The van der Waals surface area contributed by atoms with E-state index in [1.807, 2.05) is 0 Å². The summed E-state index contributed by atoms with van der Waals surface area (Å²) >= 11 is 5.17. The molecule has 3 nitrogen and oxygen atoms in total. The maximum absolute atomic E-state index is 10.8. The summed E-state index contributed by atoms with van der Waals surface area (Å²) in [5.41, 5.74) is 0. The minimum Gasteiger partial charge on any atom is -0.214 e.